The Labute approximate surface area is 544 Å². The molecule has 0 radical (unpaired) electrons. The Bertz CT molecular complexity index is 3670. The van der Waals surface area contributed by atoms with Gasteiger partial charge in [-0.25, -0.2) is 19.9 Å². The van der Waals surface area contributed by atoms with E-state index in [1.165, 1.54) is 64.7 Å². The van der Waals surface area contributed by atoms with Crippen LogP contribution in [0.5, 0.6) is 0 Å². The highest BCUT2D eigenvalue weighted by atomic mass is 28.3. The van der Waals surface area contributed by atoms with Crippen LogP contribution in [0, 0.1) is 0 Å². The SMILES string of the molecule is CN1CCN(CCCNC(=O)c2nc3cc(-c4cc(NCCCN5CCCCC5)c5cnccc5n4)ccc3n2COCC[Si](C)(C)C)CC1.CN1CCN(CCCNC(=O)c2nc3ccc(-c4cc(NCCCN5CCCCC5)c5cnccc5n4)cc3[nH]2)CC1. The lowest BCUT2D eigenvalue weighted by Crippen LogP contribution is -2.45. The van der Waals surface area contributed by atoms with E-state index in [1.807, 2.05) is 59.4 Å². The number of carbonyl (C=O) groups excluding carboxylic acids is 2. The Hall–Kier alpha value is -7.02. The van der Waals surface area contributed by atoms with Crippen molar-refractivity contribution in [2.24, 2.45) is 0 Å². The molecular formula is C70H100N18O3Si. The number of likely N-dealkylation sites (N-methyl/N-ethyl adjacent to an activating group) is 2. The number of H-pyrrole nitrogens is 1. The third kappa shape index (κ3) is 18.6. The number of pyridine rings is 4. The van der Waals surface area contributed by atoms with Crippen LogP contribution in [-0.4, -0.2) is 240 Å². The van der Waals surface area contributed by atoms with Gasteiger partial charge in [0.05, 0.1) is 44.5 Å². The van der Waals surface area contributed by atoms with Crippen molar-refractivity contribution in [1.82, 2.24) is 79.5 Å². The Morgan fingerprint density at radius 1 is 0.522 bits per heavy atom. The van der Waals surface area contributed by atoms with Gasteiger partial charge < -0.3 is 60.4 Å². The molecule has 2 amide bonds. The number of amides is 2. The van der Waals surface area contributed by atoms with Crippen molar-refractivity contribution < 1.29 is 14.3 Å². The minimum atomic E-state index is -1.25. The zero-order chi connectivity index (χ0) is 63.7. The summed E-state index contributed by atoms with van der Waals surface area (Å²) in [4.78, 5) is 72.6. The van der Waals surface area contributed by atoms with Crippen LogP contribution in [0.25, 0.3) is 66.4 Å². The number of imidazole rings is 2. The molecule has 4 saturated heterocycles. The first-order valence-corrected chi connectivity index (χ1v) is 38.0. The lowest BCUT2D eigenvalue weighted by molar-refractivity contribution is 0.0801. The Morgan fingerprint density at radius 3 is 1.57 bits per heavy atom. The van der Waals surface area contributed by atoms with Crippen LogP contribution < -0.4 is 21.3 Å². The second kappa shape index (κ2) is 32.7. The molecule has 92 heavy (non-hydrogen) atoms. The molecule has 12 rings (SSSR count). The number of benzene rings is 2. The number of nitrogens with zero attached hydrogens (tertiary/aromatic N) is 13. The summed E-state index contributed by atoms with van der Waals surface area (Å²) in [6.45, 7) is 28.9. The van der Waals surface area contributed by atoms with E-state index in [0.717, 1.165) is 201 Å². The quantitative estimate of drug-likeness (QED) is 0.0240. The summed E-state index contributed by atoms with van der Waals surface area (Å²) in [5.41, 5.74) is 10.8. The van der Waals surface area contributed by atoms with Gasteiger partial charge in [-0.15, -0.1) is 0 Å². The van der Waals surface area contributed by atoms with Gasteiger partial charge in [0.25, 0.3) is 11.8 Å². The number of anilines is 2. The second-order valence-corrected chi connectivity index (χ2v) is 32.6. The predicted octanol–water partition coefficient (Wildman–Crippen LogP) is 9.44. The number of piperazine rings is 2. The molecule has 4 aliphatic heterocycles. The van der Waals surface area contributed by atoms with Crippen LogP contribution in [-0.2, 0) is 11.5 Å². The Kier molecular flexibility index (Phi) is 23.6. The zero-order valence-electron chi connectivity index (χ0n) is 55.5. The summed E-state index contributed by atoms with van der Waals surface area (Å²) in [6.07, 6.45) is 19.4. The number of rotatable bonds is 27. The van der Waals surface area contributed by atoms with Gasteiger partial charge in [0, 0.05) is 151 Å². The molecule has 8 aromatic rings. The van der Waals surface area contributed by atoms with Gasteiger partial charge >= 0.3 is 0 Å². The number of aromatic nitrogens is 8. The van der Waals surface area contributed by atoms with E-state index in [2.05, 4.69) is 123 Å². The number of hydrogen-bond acceptors (Lipinski definition) is 17. The van der Waals surface area contributed by atoms with E-state index in [9.17, 15) is 9.59 Å². The van der Waals surface area contributed by atoms with Crippen molar-refractivity contribution in [1.29, 1.82) is 0 Å². The fourth-order valence-electron chi connectivity index (χ4n) is 12.9. The second-order valence-electron chi connectivity index (χ2n) is 27.0. The highest BCUT2D eigenvalue weighted by Gasteiger charge is 2.23. The standard InChI is InChI=1S/C38H57N9O2Si.C32H43N9O/c1-44-20-22-46(23-21-44)19-9-14-41-38(48)37-43-35-26-30(10-11-36(35)47(37)29-49-24-25-50(2,3)4)33-27-34(31-28-39-15-12-32(31)42-33)40-13-8-18-45-16-6-5-7-17-45;1-39-17-19-41(20-18-39)16-6-11-35-32(42)31-37-27-8-7-24(21-30(27)38-31)28-22-29(25-23-33-12-9-26(25)36-28)34-10-5-15-40-13-3-2-4-14-40/h10-12,15,26-28H,5-9,13-14,16-25,29H2,1-4H3,(H,40,42)(H,41,48);7-9,12,21-23H,2-6,10-11,13-20H2,1H3,(H,34,36)(H,35,42)(H,37,38). The van der Waals surface area contributed by atoms with E-state index < -0.39 is 8.07 Å². The smallest absolute Gasteiger partial charge is 0.287 e. The van der Waals surface area contributed by atoms with Gasteiger partial charge in [0.1, 0.15) is 6.73 Å². The maximum atomic E-state index is 13.6. The molecule has 0 saturated carbocycles. The minimum absolute atomic E-state index is 0.165. The molecule has 492 valence electrons. The van der Waals surface area contributed by atoms with Crippen LogP contribution in [0.1, 0.15) is 85.4 Å². The zero-order valence-corrected chi connectivity index (χ0v) is 56.5. The van der Waals surface area contributed by atoms with E-state index in [-0.39, 0.29) is 18.5 Å². The fourth-order valence-corrected chi connectivity index (χ4v) is 13.6. The molecule has 0 atom stereocenters. The molecule has 5 N–H and O–H groups in total. The Morgan fingerprint density at radius 2 is 1.02 bits per heavy atom. The number of ether oxygens (including phenoxy) is 1. The molecule has 4 fully saturated rings. The van der Waals surface area contributed by atoms with Gasteiger partial charge in [0.2, 0.25) is 5.82 Å². The fraction of sp³-hybridized carbons (Fsp3) is 0.543. The van der Waals surface area contributed by atoms with Gasteiger partial charge in [-0.3, -0.25) is 24.1 Å². The number of likely N-dealkylation sites (tertiary alicyclic amines) is 2. The monoisotopic (exact) mass is 1270 g/mol. The van der Waals surface area contributed by atoms with Gasteiger partial charge in [-0.05, 0) is 172 Å². The average molecular weight is 1270 g/mol. The summed E-state index contributed by atoms with van der Waals surface area (Å²) in [6, 6.07) is 21.4. The number of aromatic amines is 1. The summed E-state index contributed by atoms with van der Waals surface area (Å²) in [5.74, 6) is 0.398. The molecule has 6 aromatic heterocycles. The van der Waals surface area contributed by atoms with Crippen molar-refractivity contribution >= 4 is 75.1 Å². The van der Waals surface area contributed by atoms with Crippen LogP contribution >= 0.6 is 0 Å². The van der Waals surface area contributed by atoms with Crippen LogP contribution in [0.2, 0.25) is 25.7 Å². The molecule has 21 nitrogen and oxygen atoms in total. The average Bonchev–Trinajstić information content (AvgIpc) is 1.56. The van der Waals surface area contributed by atoms with E-state index in [0.29, 0.717) is 31.3 Å². The van der Waals surface area contributed by atoms with Gasteiger partial charge in [0.15, 0.2) is 5.82 Å². The first-order chi connectivity index (χ1) is 44.9. The van der Waals surface area contributed by atoms with Crippen LogP contribution in [0.15, 0.2) is 85.5 Å². The molecule has 0 aliphatic carbocycles. The van der Waals surface area contributed by atoms with Gasteiger partial charge in [-0.2, -0.15) is 0 Å². The van der Waals surface area contributed by atoms with E-state index >= 15 is 0 Å². The molecule has 4 aliphatic rings. The summed E-state index contributed by atoms with van der Waals surface area (Å²) in [7, 11) is 3.08. The van der Waals surface area contributed by atoms with E-state index in [4.69, 9.17) is 19.7 Å². The maximum absolute atomic E-state index is 13.6. The number of piperidine rings is 2. The minimum Gasteiger partial charge on any atom is -0.384 e. The molecule has 0 unspecified atom stereocenters. The lowest BCUT2D eigenvalue weighted by Gasteiger charge is -2.32. The molecular weight excluding hydrogens is 1170 g/mol. The normalized spacial score (nSPS) is 16.9. The van der Waals surface area contributed by atoms with Crippen LogP contribution in [0.4, 0.5) is 11.4 Å². The molecule has 0 bridgehead atoms. The van der Waals surface area contributed by atoms with Crippen molar-refractivity contribution in [2.75, 3.05) is 162 Å². The van der Waals surface area contributed by atoms with Crippen LogP contribution in [0.3, 0.4) is 0 Å². The highest BCUT2D eigenvalue weighted by Crippen LogP contribution is 2.32. The number of hydrogen-bond donors (Lipinski definition) is 5. The molecule has 10 heterocycles. The molecule has 0 spiro atoms. The van der Waals surface area contributed by atoms with Crippen molar-refractivity contribution in [2.45, 2.75) is 96.6 Å². The number of fused-ring (bicyclic) bond motifs is 4. The number of nitrogens with one attached hydrogen (secondary N) is 5. The maximum Gasteiger partial charge on any atom is 0.287 e. The number of carbonyl (C=O) groups is 2. The third-order valence-electron chi connectivity index (χ3n) is 18.6. The van der Waals surface area contributed by atoms with Gasteiger partial charge in [-0.1, -0.05) is 44.6 Å². The topological polar surface area (TPSA) is 209 Å². The first-order valence-electron chi connectivity index (χ1n) is 34.2. The summed E-state index contributed by atoms with van der Waals surface area (Å²) >= 11 is 0. The highest BCUT2D eigenvalue weighted by molar-refractivity contribution is 6.76. The Balaban J connectivity index is 0.000000191. The van der Waals surface area contributed by atoms with Crippen molar-refractivity contribution in [3.8, 4) is 22.5 Å². The molecule has 2 aromatic carbocycles. The predicted molar refractivity (Wildman–Crippen MR) is 376 cm³/mol. The van der Waals surface area contributed by atoms with E-state index in [1.54, 1.807) is 12.4 Å². The summed E-state index contributed by atoms with van der Waals surface area (Å²) in [5, 5.41) is 15.6. The third-order valence-corrected chi connectivity index (χ3v) is 20.3. The molecule has 22 heteroatoms. The first kappa shape index (κ1) is 66.4. The lowest BCUT2D eigenvalue weighted by atomic mass is 10.1. The van der Waals surface area contributed by atoms with Crippen molar-refractivity contribution in [3.63, 3.8) is 0 Å². The summed E-state index contributed by atoms with van der Waals surface area (Å²) < 4.78 is 8.09. The largest absolute Gasteiger partial charge is 0.384 e. The van der Waals surface area contributed by atoms with Crippen molar-refractivity contribution in [3.05, 3.63) is 97.1 Å².